The van der Waals surface area contributed by atoms with E-state index >= 15 is 0 Å². The van der Waals surface area contributed by atoms with Gasteiger partial charge in [0.2, 0.25) is 0 Å². The molecule has 1 N–H and O–H groups in total. The number of hydrogen-bond acceptors (Lipinski definition) is 7. The Morgan fingerprint density at radius 3 is 2.65 bits per heavy atom. The summed E-state index contributed by atoms with van der Waals surface area (Å²) in [5.41, 5.74) is 3.98. The van der Waals surface area contributed by atoms with Crippen LogP contribution in [0, 0.1) is 29.6 Å². The van der Waals surface area contributed by atoms with E-state index in [2.05, 4.69) is 33.8 Å². The quantitative estimate of drug-likeness (QED) is 0.462. The van der Waals surface area contributed by atoms with Gasteiger partial charge in [-0.05, 0) is 57.7 Å². The Morgan fingerprint density at radius 2 is 1.91 bits per heavy atom. The predicted molar refractivity (Wildman–Crippen MR) is 127 cm³/mol. The minimum atomic E-state index is -0.593. The van der Waals surface area contributed by atoms with E-state index in [1.54, 1.807) is 29.0 Å². The maximum atomic E-state index is 10.3. The van der Waals surface area contributed by atoms with Crippen molar-refractivity contribution < 1.29 is 5.11 Å². The molecule has 9 heteroatoms. The first-order valence-corrected chi connectivity index (χ1v) is 11.9. The van der Waals surface area contributed by atoms with Crippen LogP contribution in [0.2, 0.25) is 0 Å². The van der Waals surface area contributed by atoms with Crippen LogP contribution in [0.25, 0.3) is 16.6 Å². The van der Waals surface area contributed by atoms with Gasteiger partial charge < -0.3 is 5.11 Å². The molecule has 4 aromatic rings. The third-order valence-electron chi connectivity index (χ3n) is 6.53. The minimum absolute atomic E-state index is 0.258. The molecule has 1 saturated carbocycles. The minimum Gasteiger partial charge on any atom is -0.390 e. The fourth-order valence-electron chi connectivity index (χ4n) is 4.60. The van der Waals surface area contributed by atoms with E-state index in [-0.39, 0.29) is 6.04 Å². The van der Waals surface area contributed by atoms with Crippen molar-refractivity contribution in [3.05, 3.63) is 59.8 Å². The summed E-state index contributed by atoms with van der Waals surface area (Å²) >= 11 is 1.35. The molecule has 0 aromatic carbocycles. The summed E-state index contributed by atoms with van der Waals surface area (Å²) in [6.07, 6.45) is 10.3. The van der Waals surface area contributed by atoms with Crippen LogP contribution in [0.1, 0.15) is 55.5 Å². The molecule has 170 valence electrons. The van der Waals surface area contributed by atoms with Gasteiger partial charge in [0, 0.05) is 34.1 Å². The number of aromatic nitrogens is 5. The normalized spacial score (nSPS) is 20.2. The molecule has 1 aliphatic carbocycles. The zero-order chi connectivity index (χ0) is 23.9. The lowest BCUT2D eigenvalue weighted by Gasteiger charge is -2.33. The summed E-state index contributed by atoms with van der Waals surface area (Å²) in [5, 5.41) is 39.1. The average molecular weight is 470 g/mol. The van der Waals surface area contributed by atoms with Crippen LogP contribution >= 0.6 is 11.8 Å². The molecular weight excluding hydrogens is 446 g/mol. The van der Waals surface area contributed by atoms with Crippen molar-refractivity contribution in [1.82, 2.24) is 24.4 Å². The highest BCUT2D eigenvalue weighted by Gasteiger charge is 2.31. The molecule has 0 unspecified atom stereocenters. The largest absolute Gasteiger partial charge is 0.390 e. The highest BCUT2D eigenvalue weighted by atomic mass is 32.2. The molecule has 4 aromatic heterocycles. The molecule has 34 heavy (non-hydrogen) atoms. The van der Waals surface area contributed by atoms with Gasteiger partial charge in [0.1, 0.15) is 17.2 Å². The van der Waals surface area contributed by atoms with E-state index < -0.39 is 5.60 Å². The van der Waals surface area contributed by atoms with Gasteiger partial charge in [-0.3, -0.25) is 4.68 Å². The molecule has 0 aliphatic heterocycles. The van der Waals surface area contributed by atoms with Crippen molar-refractivity contribution in [3.63, 3.8) is 0 Å². The van der Waals surface area contributed by atoms with Crippen LogP contribution in [0.15, 0.2) is 52.9 Å². The lowest BCUT2D eigenvalue weighted by molar-refractivity contribution is 0.00826. The van der Waals surface area contributed by atoms with Crippen molar-refractivity contribution in [2.24, 2.45) is 0 Å². The van der Waals surface area contributed by atoms with E-state index in [9.17, 15) is 15.6 Å². The van der Waals surface area contributed by atoms with Gasteiger partial charge in [0.05, 0.1) is 40.7 Å². The fourth-order valence-corrected chi connectivity index (χ4v) is 5.63. The molecule has 8 nitrogen and oxygen atoms in total. The number of nitrogens with zero attached hydrogens (tertiary/aromatic N) is 7. The molecule has 5 rings (SSSR count). The molecular formula is C25H23N7OS. The Bertz CT molecular complexity index is 1460. The highest BCUT2D eigenvalue weighted by molar-refractivity contribution is 7.99. The first kappa shape index (κ1) is 22.1. The number of rotatable bonds is 4. The number of nitriles is 2. The number of hydrogen-bond donors (Lipinski definition) is 1. The lowest BCUT2D eigenvalue weighted by atomic mass is 9.83. The van der Waals surface area contributed by atoms with E-state index in [0.29, 0.717) is 21.7 Å². The maximum absolute atomic E-state index is 10.3. The third-order valence-corrected chi connectivity index (χ3v) is 7.58. The molecule has 0 amide bonds. The van der Waals surface area contributed by atoms with Crippen molar-refractivity contribution >= 4 is 17.3 Å². The van der Waals surface area contributed by atoms with Crippen LogP contribution in [-0.4, -0.2) is 35.1 Å². The van der Waals surface area contributed by atoms with E-state index in [1.807, 2.05) is 25.4 Å². The second-order valence-corrected chi connectivity index (χ2v) is 9.97. The first-order chi connectivity index (χ1) is 16.4. The molecule has 0 radical (unpaired) electrons. The number of pyridine rings is 2. The molecule has 4 heterocycles. The predicted octanol–water partition coefficient (Wildman–Crippen LogP) is 4.66. The summed E-state index contributed by atoms with van der Waals surface area (Å²) in [4.78, 5) is 5.17. The lowest BCUT2D eigenvalue weighted by Crippen LogP contribution is -2.31. The smallest absolute Gasteiger partial charge is 0.119 e. The topological polar surface area (TPSA) is 116 Å². The summed E-state index contributed by atoms with van der Waals surface area (Å²) in [5.74, 6) is 0. The Labute approximate surface area is 201 Å². The van der Waals surface area contributed by atoms with Crippen molar-refractivity contribution in [3.8, 4) is 23.3 Å². The van der Waals surface area contributed by atoms with Gasteiger partial charge in [0.25, 0.3) is 0 Å². The van der Waals surface area contributed by atoms with Crippen molar-refractivity contribution in [2.75, 3.05) is 0 Å². The molecule has 0 atom stereocenters. The van der Waals surface area contributed by atoms with Crippen molar-refractivity contribution in [1.29, 1.82) is 10.5 Å². The van der Waals surface area contributed by atoms with E-state index in [0.717, 1.165) is 47.4 Å². The number of aliphatic hydroxyl groups is 1. The average Bonchev–Trinajstić information content (AvgIpc) is 3.43. The van der Waals surface area contributed by atoms with E-state index in [1.165, 1.54) is 11.8 Å². The SMILES string of the molecule is Cc1c(-c2cc(Sc3ncccc3C#N)c3c(C#N)cnn3c2)cnn1C1CCC(C)(O)CC1. The monoisotopic (exact) mass is 469 g/mol. The Kier molecular flexibility index (Phi) is 5.60. The molecule has 0 spiro atoms. The van der Waals surface area contributed by atoms with Crippen LogP contribution in [-0.2, 0) is 0 Å². The molecule has 1 aliphatic rings. The van der Waals surface area contributed by atoms with Gasteiger partial charge >= 0.3 is 0 Å². The molecule has 0 bridgehead atoms. The summed E-state index contributed by atoms with van der Waals surface area (Å²) in [7, 11) is 0. The van der Waals surface area contributed by atoms with Crippen LogP contribution in [0.3, 0.4) is 0 Å². The molecule has 1 fully saturated rings. The Morgan fingerprint density at radius 1 is 1.15 bits per heavy atom. The van der Waals surface area contributed by atoms with Gasteiger partial charge in [0.15, 0.2) is 0 Å². The molecule has 0 saturated heterocycles. The van der Waals surface area contributed by atoms with Crippen LogP contribution in [0.4, 0.5) is 0 Å². The zero-order valence-corrected chi connectivity index (χ0v) is 19.7. The second kappa shape index (κ2) is 8.60. The number of fused-ring (bicyclic) bond motifs is 1. The van der Waals surface area contributed by atoms with Gasteiger partial charge in [-0.15, -0.1) is 0 Å². The maximum Gasteiger partial charge on any atom is 0.119 e. The highest BCUT2D eigenvalue weighted by Crippen LogP contribution is 2.39. The Balaban J connectivity index is 1.58. The summed E-state index contributed by atoms with van der Waals surface area (Å²) in [6, 6.07) is 10.1. The summed E-state index contributed by atoms with van der Waals surface area (Å²) in [6.45, 7) is 3.96. The standard InChI is InChI=1S/C25H23N7OS/c1-16-21(14-30-32(16)20-5-7-25(2,33)8-6-20)18-10-22(23-19(12-27)13-29-31(23)15-18)34-24-17(11-26)4-3-9-28-24/h3-4,9-10,13-15,20,33H,5-8H2,1-2H3. The fraction of sp³-hybridized carbons (Fsp3) is 0.320. The zero-order valence-electron chi connectivity index (χ0n) is 18.9. The van der Waals surface area contributed by atoms with Gasteiger partial charge in [-0.1, -0.05) is 11.8 Å². The van der Waals surface area contributed by atoms with Crippen LogP contribution < -0.4 is 0 Å². The third kappa shape index (κ3) is 3.94. The first-order valence-electron chi connectivity index (χ1n) is 11.1. The van der Waals surface area contributed by atoms with Gasteiger partial charge in [-0.2, -0.15) is 20.7 Å². The Hall–Kier alpha value is -3.66. The van der Waals surface area contributed by atoms with E-state index in [4.69, 9.17) is 5.10 Å². The summed E-state index contributed by atoms with van der Waals surface area (Å²) < 4.78 is 3.78. The van der Waals surface area contributed by atoms with Crippen LogP contribution in [0.5, 0.6) is 0 Å². The van der Waals surface area contributed by atoms with Gasteiger partial charge in [-0.25, -0.2) is 9.50 Å². The van der Waals surface area contributed by atoms with Crippen molar-refractivity contribution in [2.45, 2.75) is 61.1 Å². The second-order valence-electron chi connectivity index (χ2n) is 8.94.